The standard InChI is InChI=1S/C37H64O3/c1-21-12-17-28(27-15-13-26(14-16-27)25-10-8-9-11-25)29-19-35(5)20-36(6)18-22(2)30(24(4)38)34(40)37(36,7)23(3)32(35)33(39)31(21)29/h21-34,38-40H,8-20H2,1-7H3. The van der Waals surface area contributed by atoms with E-state index >= 15 is 0 Å². The average molecular weight is 557 g/mol. The fraction of sp³-hybridized carbons (Fsp3) is 1.00. The van der Waals surface area contributed by atoms with E-state index in [-0.39, 0.29) is 40.1 Å². The van der Waals surface area contributed by atoms with Crippen molar-refractivity contribution in [2.24, 2.45) is 81.3 Å². The smallest absolute Gasteiger partial charge is 0.0656 e. The normalized spacial score (nSPS) is 58.0. The van der Waals surface area contributed by atoms with Crippen LogP contribution < -0.4 is 0 Å². The van der Waals surface area contributed by atoms with Gasteiger partial charge in [0.15, 0.2) is 0 Å². The molecule has 6 aliphatic rings. The third-order valence-electron chi connectivity index (χ3n) is 16.0. The van der Waals surface area contributed by atoms with Crippen molar-refractivity contribution in [1.82, 2.24) is 0 Å². The van der Waals surface area contributed by atoms with E-state index in [1.165, 1.54) is 70.6 Å². The molecule has 14 unspecified atom stereocenters. The van der Waals surface area contributed by atoms with Crippen molar-refractivity contribution >= 4 is 0 Å². The zero-order valence-corrected chi connectivity index (χ0v) is 27.1. The summed E-state index contributed by atoms with van der Waals surface area (Å²) >= 11 is 0. The second-order valence-corrected chi connectivity index (χ2v) is 17.8. The van der Waals surface area contributed by atoms with Gasteiger partial charge < -0.3 is 15.3 Å². The maximum atomic E-state index is 12.5. The van der Waals surface area contributed by atoms with Crippen LogP contribution in [0.15, 0.2) is 0 Å². The zero-order valence-electron chi connectivity index (χ0n) is 27.1. The molecule has 0 spiro atoms. The highest BCUT2D eigenvalue weighted by Gasteiger charge is 2.70. The Kier molecular flexibility index (Phi) is 7.86. The largest absolute Gasteiger partial charge is 0.393 e. The summed E-state index contributed by atoms with van der Waals surface area (Å²) in [4.78, 5) is 0. The van der Waals surface area contributed by atoms with E-state index in [2.05, 4.69) is 41.5 Å². The SMILES string of the molecule is CC(O)C1C(C)CC2(C)CC3(C)CC4C(C5CCC(C6CCCC6)CC5)CCC(C)C4C(O)C3C(C)C2(C)C1O. The molecular weight excluding hydrogens is 492 g/mol. The van der Waals surface area contributed by atoms with E-state index in [1.54, 1.807) is 0 Å². The lowest BCUT2D eigenvalue weighted by atomic mass is 9.34. The first kappa shape index (κ1) is 29.9. The van der Waals surface area contributed by atoms with Crippen LogP contribution in [0.2, 0.25) is 0 Å². The lowest BCUT2D eigenvalue weighted by Gasteiger charge is -2.72. The van der Waals surface area contributed by atoms with Crippen molar-refractivity contribution in [2.45, 2.75) is 150 Å². The number of hydrogen-bond donors (Lipinski definition) is 3. The Labute approximate surface area is 246 Å². The van der Waals surface area contributed by atoms with Gasteiger partial charge >= 0.3 is 0 Å². The third-order valence-corrected chi connectivity index (χ3v) is 16.0. The minimum absolute atomic E-state index is 0.0174. The summed E-state index contributed by atoms with van der Waals surface area (Å²) in [5.74, 6) is 6.01. The molecule has 6 rings (SSSR count). The van der Waals surface area contributed by atoms with Crippen molar-refractivity contribution in [3.63, 3.8) is 0 Å². The number of aliphatic hydroxyl groups excluding tert-OH is 3. The molecule has 6 saturated carbocycles. The molecule has 6 fully saturated rings. The fourth-order valence-corrected chi connectivity index (χ4v) is 14.1. The van der Waals surface area contributed by atoms with Gasteiger partial charge in [-0.2, -0.15) is 0 Å². The van der Waals surface area contributed by atoms with Crippen LogP contribution >= 0.6 is 0 Å². The van der Waals surface area contributed by atoms with Crippen LogP contribution in [0.4, 0.5) is 0 Å². The summed E-state index contributed by atoms with van der Waals surface area (Å²) in [5.41, 5.74) is -0.166. The van der Waals surface area contributed by atoms with Gasteiger partial charge in [0.2, 0.25) is 0 Å². The van der Waals surface area contributed by atoms with Crippen LogP contribution in [0.1, 0.15) is 132 Å². The van der Waals surface area contributed by atoms with Gasteiger partial charge in [-0.25, -0.2) is 0 Å². The van der Waals surface area contributed by atoms with Gasteiger partial charge in [0.05, 0.1) is 18.3 Å². The molecule has 3 heteroatoms. The Balaban J connectivity index is 1.28. The Hall–Kier alpha value is -0.120. The van der Waals surface area contributed by atoms with E-state index in [4.69, 9.17) is 0 Å². The van der Waals surface area contributed by atoms with Crippen molar-refractivity contribution in [2.75, 3.05) is 0 Å². The minimum atomic E-state index is -0.530. The lowest BCUT2D eigenvalue weighted by molar-refractivity contribution is -0.280. The molecule has 0 saturated heterocycles. The Morgan fingerprint density at radius 3 is 1.93 bits per heavy atom. The molecule has 3 N–H and O–H groups in total. The van der Waals surface area contributed by atoms with Gasteiger partial charge in [-0.05, 0) is 128 Å². The molecule has 0 amide bonds. The van der Waals surface area contributed by atoms with Crippen LogP contribution in [0.3, 0.4) is 0 Å². The summed E-state index contributed by atoms with van der Waals surface area (Å²) in [7, 11) is 0. The van der Waals surface area contributed by atoms with Crippen LogP contribution in [-0.2, 0) is 0 Å². The molecule has 0 heterocycles. The molecule has 0 aliphatic heterocycles. The molecule has 0 aromatic heterocycles. The highest BCUT2D eigenvalue weighted by molar-refractivity contribution is 5.18. The maximum Gasteiger partial charge on any atom is 0.0656 e. The van der Waals surface area contributed by atoms with E-state index < -0.39 is 12.2 Å². The van der Waals surface area contributed by atoms with E-state index in [9.17, 15) is 15.3 Å². The summed E-state index contributed by atoms with van der Waals surface area (Å²) in [5, 5.41) is 35.2. The summed E-state index contributed by atoms with van der Waals surface area (Å²) in [6, 6.07) is 0. The van der Waals surface area contributed by atoms with Crippen molar-refractivity contribution in [1.29, 1.82) is 0 Å². The van der Waals surface area contributed by atoms with Gasteiger partial charge in [-0.3, -0.25) is 0 Å². The zero-order chi connectivity index (χ0) is 28.8. The molecule has 0 radical (unpaired) electrons. The van der Waals surface area contributed by atoms with Crippen LogP contribution in [0, 0.1) is 81.3 Å². The lowest BCUT2D eigenvalue weighted by Crippen LogP contribution is -2.70. The second kappa shape index (κ2) is 10.5. The first-order valence-electron chi connectivity index (χ1n) is 17.9. The Bertz CT molecular complexity index is 903. The van der Waals surface area contributed by atoms with E-state index in [0.717, 1.165) is 36.5 Å². The van der Waals surface area contributed by atoms with Crippen LogP contribution in [0.25, 0.3) is 0 Å². The predicted molar refractivity (Wildman–Crippen MR) is 163 cm³/mol. The molecule has 14 atom stereocenters. The number of rotatable bonds is 3. The van der Waals surface area contributed by atoms with Gasteiger partial charge in [-0.15, -0.1) is 0 Å². The first-order valence-corrected chi connectivity index (χ1v) is 17.9. The van der Waals surface area contributed by atoms with Gasteiger partial charge in [0.1, 0.15) is 0 Å². The van der Waals surface area contributed by atoms with E-state index in [1.807, 2.05) is 6.92 Å². The topological polar surface area (TPSA) is 60.7 Å². The average Bonchev–Trinajstić information content (AvgIpc) is 3.41. The van der Waals surface area contributed by atoms with Crippen LogP contribution in [0.5, 0.6) is 0 Å². The summed E-state index contributed by atoms with van der Waals surface area (Å²) in [6.45, 7) is 16.3. The van der Waals surface area contributed by atoms with Gasteiger partial charge in [-0.1, -0.05) is 73.6 Å². The number of fused-ring (bicyclic) bond motifs is 3. The fourth-order valence-electron chi connectivity index (χ4n) is 14.1. The highest BCUT2D eigenvalue weighted by atomic mass is 16.3. The number of hydrogen-bond acceptors (Lipinski definition) is 3. The third kappa shape index (κ3) is 4.35. The molecule has 230 valence electrons. The molecular formula is C37H64O3. The molecule has 6 aliphatic carbocycles. The summed E-state index contributed by atoms with van der Waals surface area (Å²) < 4.78 is 0. The molecule has 0 aromatic rings. The molecule has 40 heavy (non-hydrogen) atoms. The monoisotopic (exact) mass is 556 g/mol. The highest BCUT2D eigenvalue weighted by Crippen LogP contribution is 2.73. The molecule has 0 bridgehead atoms. The van der Waals surface area contributed by atoms with Crippen LogP contribution in [-0.4, -0.2) is 33.6 Å². The summed E-state index contributed by atoms with van der Waals surface area (Å²) in [6.07, 6.45) is 16.5. The van der Waals surface area contributed by atoms with Crippen molar-refractivity contribution in [3.8, 4) is 0 Å². The predicted octanol–water partition coefficient (Wildman–Crippen LogP) is 8.10. The Morgan fingerprint density at radius 1 is 0.700 bits per heavy atom. The molecule has 3 nitrogen and oxygen atoms in total. The van der Waals surface area contributed by atoms with E-state index in [0.29, 0.717) is 23.7 Å². The quantitative estimate of drug-likeness (QED) is 0.329. The number of aliphatic hydroxyl groups is 3. The maximum absolute atomic E-state index is 12.5. The second-order valence-electron chi connectivity index (χ2n) is 17.8. The van der Waals surface area contributed by atoms with Gasteiger partial charge in [0.25, 0.3) is 0 Å². The van der Waals surface area contributed by atoms with Gasteiger partial charge in [0, 0.05) is 11.3 Å². The molecule has 0 aromatic carbocycles. The first-order chi connectivity index (χ1) is 18.8. The minimum Gasteiger partial charge on any atom is -0.393 e. The Morgan fingerprint density at radius 2 is 1.30 bits per heavy atom. The van der Waals surface area contributed by atoms with Crippen molar-refractivity contribution < 1.29 is 15.3 Å². The van der Waals surface area contributed by atoms with Crippen molar-refractivity contribution in [3.05, 3.63) is 0 Å².